The lowest BCUT2D eigenvalue weighted by Gasteiger charge is -2.29. The van der Waals surface area contributed by atoms with E-state index in [9.17, 15) is 53.7 Å². The van der Waals surface area contributed by atoms with Gasteiger partial charge in [0.1, 0.15) is 82.2 Å². The highest BCUT2D eigenvalue weighted by molar-refractivity contribution is 7.15. The number of carbonyl (C=O) groups excluding carboxylic acids is 6. The molecular weight excluding hydrogens is 1280 g/mol. The van der Waals surface area contributed by atoms with Gasteiger partial charge in [-0.3, -0.25) is 38.5 Å². The molecule has 470 valence electrons. The molecule has 0 radical (unpaired) electrons. The Labute approximate surface area is 538 Å². The van der Waals surface area contributed by atoms with Crippen LogP contribution in [0.1, 0.15) is 138 Å². The molecule has 7 amide bonds. The number of urea groups is 1. The SMILES string of the molecule is CNC(=O)C[C@@H]1NC(=O)c2csc(n2)-c2ccc(-c3nc(N(CCC(=O)O)C(=O)NC4CCC(C(=O)O)CC4)cs3)nc2-c2csc(n2)-c2csc(n2)[C@H]([C@@H](O)c2ccccc2)NC(=O)CNC(=O)c2nc(sc2COC)[C@H](C(C)C)NC(=O)c2nc1sc2C. The van der Waals surface area contributed by atoms with Crippen LogP contribution in [0.25, 0.3) is 43.4 Å². The Kier molecular flexibility index (Phi) is 20.6. The number of carboxylic acid groups (broad SMARTS) is 2. The van der Waals surface area contributed by atoms with Gasteiger partial charge in [0.2, 0.25) is 11.8 Å². The number of carboxylic acids is 2. The largest absolute Gasteiger partial charge is 0.481 e. The molecule has 90 heavy (non-hydrogen) atoms. The number of pyridine rings is 1. The van der Waals surface area contributed by atoms with E-state index in [1.807, 2.05) is 13.8 Å². The molecule has 0 unspecified atom stereocenters. The summed E-state index contributed by atoms with van der Waals surface area (Å²) in [6, 6.07) is 8.30. The highest BCUT2D eigenvalue weighted by atomic mass is 32.1. The number of aliphatic carboxylic acids is 2. The Morgan fingerprint density at radius 3 is 2.12 bits per heavy atom. The number of hydrogen-bond acceptors (Lipinski definition) is 23. The first kappa shape index (κ1) is 64.6. The Hall–Kier alpha value is -8.37. The van der Waals surface area contributed by atoms with Crippen molar-refractivity contribution in [2.24, 2.45) is 11.8 Å². The number of anilines is 1. The van der Waals surface area contributed by atoms with Crippen molar-refractivity contribution in [2.45, 2.75) is 96.2 Å². The van der Waals surface area contributed by atoms with Gasteiger partial charge in [0, 0.05) is 58.7 Å². The molecule has 8 aromatic rings. The van der Waals surface area contributed by atoms with Crippen LogP contribution >= 0.6 is 68.0 Å². The number of hydrogen-bond donors (Lipinski definition) is 9. The first-order chi connectivity index (χ1) is 43.2. The van der Waals surface area contributed by atoms with Crippen LogP contribution in [0.2, 0.25) is 0 Å². The van der Waals surface area contributed by atoms with E-state index in [0.29, 0.717) is 94.4 Å². The zero-order valence-corrected chi connectivity index (χ0v) is 53.7. The van der Waals surface area contributed by atoms with Crippen molar-refractivity contribution in [2.75, 3.05) is 32.1 Å². The van der Waals surface area contributed by atoms with Crippen LogP contribution in [0.15, 0.2) is 64.0 Å². The molecule has 32 heteroatoms. The number of aliphatic hydroxyl groups excluding tert-OH is 1. The highest BCUT2D eigenvalue weighted by Crippen LogP contribution is 2.41. The lowest BCUT2D eigenvalue weighted by atomic mass is 9.86. The van der Waals surface area contributed by atoms with E-state index >= 15 is 0 Å². The first-order valence-corrected chi connectivity index (χ1v) is 33.4. The molecule has 4 atom stereocenters. The molecule has 10 rings (SSSR count). The van der Waals surface area contributed by atoms with E-state index in [4.69, 9.17) is 34.6 Å². The number of nitrogens with zero attached hydrogens (tertiary/aromatic N) is 8. The second kappa shape index (κ2) is 28.6. The van der Waals surface area contributed by atoms with Gasteiger partial charge < -0.3 is 52.0 Å². The summed E-state index contributed by atoms with van der Waals surface area (Å²) in [5, 5.41) is 56.9. The van der Waals surface area contributed by atoms with Gasteiger partial charge in [0.25, 0.3) is 17.7 Å². The second-order valence-electron chi connectivity index (χ2n) is 21.3. The summed E-state index contributed by atoms with van der Waals surface area (Å²) in [6.45, 7) is 4.66. The van der Waals surface area contributed by atoms with E-state index in [1.54, 1.807) is 70.9 Å². The molecule has 1 saturated carbocycles. The molecule has 1 aromatic carbocycles. The minimum atomic E-state index is -1.31. The number of methoxy groups -OCH3 is 1. The topological polar surface area (TPSA) is 372 Å². The molecule has 1 aliphatic carbocycles. The van der Waals surface area contributed by atoms with Crippen LogP contribution < -0.4 is 36.8 Å². The Balaban J connectivity index is 1.04. The number of rotatable bonds is 14. The molecule has 7 aromatic heterocycles. The lowest BCUT2D eigenvalue weighted by molar-refractivity contribution is -0.143. The first-order valence-electron chi connectivity index (χ1n) is 28.2. The zero-order chi connectivity index (χ0) is 63.9. The van der Waals surface area contributed by atoms with Gasteiger partial charge in [-0.1, -0.05) is 44.2 Å². The molecule has 8 heterocycles. The number of carbonyl (C=O) groups is 8. The zero-order valence-electron chi connectivity index (χ0n) is 48.8. The normalized spacial score (nSPS) is 18.5. The maximum absolute atomic E-state index is 14.4. The highest BCUT2D eigenvalue weighted by Gasteiger charge is 2.34. The number of benzene rings is 1. The van der Waals surface area contributed by atoms with Crippen LogP contribution in [0.4, 0.5) is 10.6 Å². The molecule has 9 N–H and O–H groups in total. The van der Waals surface area contributed by atoms with Crippen molar-refractivity contribution in [1.29, 1.82) is 0 Å². The summed E-state index contributed by atoms with van der Waals surface area (Å²) in [5.74, 6) is -5.65. The fourth-order valence-electron chi connectivity index (χ4n) is 9.96. The summed E-state index contributed by atoms with van der Waals surface area (Å²) < 4.78 is 5.45. The van der Waals surface area contributed by atoms with Crippen LogP contribution in [0.5, 0.6) is 0 Å². The summed E-state index contributed by atoms with van der Waals surface area (Å²) in [4.78, 5) is 143. The number of fused-ring (bicyclic) bond motifs is 14. The Bertz CT molecular complexity index is 3980. The minimum Gasteiger partial charge on any atom is -0.481 e. The van der Waals surface area contributed by atoms with Crippen LogP contribution in [-0.4, -0.2) is 131 Å². The summed E-state index contributed by atoms with van der Waals surface area (Å²) in [7, 11) is 2.92. The van der Waals surface area contributed by atoms with Gasteiger partial charge in [-0.15, -0.1) is 68.0 Å². The van der Waals surface area contributed by atoms with Crippen molar-refractivity contribution in [3.05, 3.63) is 111 Å². The fourth-order valence-corrected chi connectivity index (χ4v) is 15.5. The van der Waals surface area contributed by atoms with Crippen LogP contribution in [0.3, 0.4) is 0 Å². The van der Waals surface area contributed by atoms with E-state index in [0.717, 1.165) is 56.7 Å². The number of aromatic nitrogens is 7. The molecular formula is C58H60N14O12S6. The van der Waals surface area contributed by atoms with Crippen LogP contribution in [0, 0.1) is 18.8 Å². The molecule has 0 saturated heterocycles. The summed E-state index contributed by atoms with van der Waals surface area (Å²) >= 11 is 6.95. The third-order valence-corrected chi connectivity index (χ3v) is 20.4. The molecule has 0 spiro atoms. The van der Waals surface area contributed by atoms with E-state index in [-0.39, 0.29) is 59.4 Å². The average molecular weight is 1340 g/mol. The van der Waals surface area contributed by atoms with Crippen molar-refractivity contribution >= 4 is 121 Å². The summed E-state index contributed by atoms with van der Waals surface area (Å²) in [5.41, 5.74) is 2.28. The van der Waals surface area contributed by atoms with Crippen molar-refractivity contribution in [3.8, 4) is 43.4 Å². The Morgan fingerprint density at radius 2 is 1.40 bits per heavy atom. The van der Waals surface area contributed by atoms with Gasteiger partial charge in [-0.05, 0) is 56.2 Å². The maximum Gasteiger partial charge on any atom is 0.323 e. The quantitative estimate of drug-likeness (QED) is 0.0498. The van der Waals surface area contributed by atoms with E-state index in [1.165, 1.54) is 30.4 Å². The fraction of sp³-hybridized carbons (Fsp3) is 0.362. The lowest BCUT2D eigenvalue weighted by Crippen LogP contribution is -2.47. The van der Waals surface area contributed by atoms with Crippen molar-refractivity contribution < 1.29 is 58.4 Å². The third-order valence-electron chi connectivity index (χ3n) is 14.7. The Morgan fingerprint density at radius 1 is 0.700 bits per heavy atom. The van der Waals surface area contributed by atoms with Crippen LogP contribution in [-0.2, 0) is 30.5 Å². The van der Waals surface area contributed by atoms with Gasteiger partial charge in [-0.2, -0.15) is 0 Å². The molecule has 2 aliphatic rings. The summed E-state index contributed by atoms with van der Waals surface area (Å²) in [6.07, 6.45) is -0.328. The van der Waals surface area contributed by atoms with E-state index < -0.39 is 90.6 Å². The van der Waals surface area contributed by atoms with Crippen molar-refractivity contribution in [3.63, 3.8) is 0 Å². The average Bonchev–Trinajstić information content (AvgIpc) is 1.73. The number of amides is 7. The molecule has 10 bridgehead atoms. The van der Waals surface area contributed by atoms with Gasteiger partial charge in [0.05, 0.1) is 54.6 Å². The molecule has 1 aliphatic heterocycles. The standard InChI is InChI=1S/C58H60N14O12S6/c1-26(2)42-56-71-45(37(90-56)21-84-5)49(79)60-20-40(74)68-46(47(77)28-9-7-6-8-10-28)55-66-36(24-87-55)53-64-34(22-86-53)44-31(51-65-35(23-85-51)48(78)63-33(19-39(73)59-4)54-70-43(27(3)89-54)50(80)69-42)15-16-32(62-44)52-67-38(25-88-52)72(18-17-41(75)76)58(83)61-30-13-11-29(12-14-30)57(81)82/h6-10,15-16,22-26,29-30,33,42,46-47,77H,11-14,17-21H2,1-5H3,(H,59,73)(H,60,79)(H,61,83)(H,63,78)(H,68,74)(H,69,80)(H,75,76)(H,81,82)/t29?,30?,33-,42-,46-,47-/m0/s1. The minimum absolute atomic E-state index is 0.0144. The predicted molar refractivity (Wildman–Crippen MR) is 338 cm³/mol. The van der Waals surface area contributed by atoms with Gasteiger partial charge in [-0.25, -0.2) is 39.7 Å². The number of thiazole rings is 6. The van der Waals surface area contributed by atoms with Gasteiger partial charge >= 0.3 is 18.0 Å². The van der Waals surface area contributed by atoms with E-state index in [2.05, 4.69) is 36.9 Å². The number of aryl methyl sites for hydroxylation is 1. The number of ether oxygens (including phenoxy) is 1. The van der Waals surface area contributed by atoms with Crippen molar-refractivity contribution in [1.82, 2.24) is 66.8 Å². The van der Waals surface area contributed by atoms with Gasteiger partial charge in [0.15, 0.2) is 0 Å². The second-order valence-corrected chi connectivity index (χ2v) is 27.1. The maximum atomic E-state index is 14.4. The molecule has 1 fully saturated rings. The predicted octanol–water partition coefficient (Wildman–Crippen LogP) is 7.95. The monoisotopic (exact) mass is 1340 g/mol. The smallest absolute Gasteiger partial charge is 0.323 e. The third kappa shape index (κ3) is 14.9. The molecule has 26 nitrogen and oxygen atoms in total. The number of nitrogens with one attached hydrogen (secondary N) is 6. The number of aliphatic hydroxyl groups is 1.